The van der Waals surface area contributed by atoms with Gasteiger partial charge in [0, 0.05) is 11.8 Å². The first-order valence-corrected chi connectivity index (χ1v) is 9.75. The Labute approximate surface area is 173 Å². The fourth-order valence-electron chi connectivity index (χ4n) is 2.87. The van der Waals surface area contributed by atoms with Crippen molar-refractivity contribution in [3.63, 3.8) is 0 Å². The number of nitrogens with one attached hydrogen (secondary N) is 1. The normalized spacial score (nSPS) is 11.5. The summed E-state index contributed by atoms with van der Waals surface area (Å²) in [7, 11) is 0. The van der Waals surface area contributed by atoms with E-state index in [1.165, 1.54) is 28.2 Å². The molecular formula is C21H15F3N4OS. The Morgan fingerprint density at radius 1 is 1.10 bits per heavy atom. The molecule has 1 amide bonds. The monoisotopic (exact) mass is 428 g/mol. The Morgan fingerprint density at radius 2 is 1.87 bits per heavy atom. The summed E-state index contributed by atoms with van der Waals surface area (Å²) in [5.74, 6) is 0.0896. The van der Waals surface area contributed by atoms with E-state index in [1.807, 2.05) is 13.0 Å². The second kappa shape index (κ2) is 7.75. The molecular weight excluding hydrogens is 413 g/mol. The molecule has 0 aliphatic heterocycles. The van der Waals surface area contributed by atoms with E-state index in [2.05, 4.69) is 15.4 Å². The highest BCUT2D eigenvalue weighted by molar-refractivity contribution is 7.13. The number of anilines is 1. The van der Waals surface area contributed by atoms with Gasteiger partial charge < -0.3 is 5.32 Å². The zero-order valence-corrected chi connectivity index (χ0v) is 16.5. The minimum absolute atomic E-state index is 0.332. The van der Waals surface area contributed by atoms with Crippen molar-refractivity contribution in [2.75, 3.05) is 5.32 Å². The highest BCUT2D eigenvalue weighted by atomic mass is 32.1. The zero-order chi connectivity index (χ0) is 21.3. The first kappa shape index (κ1) is 19.8. The summed E-state index contributed by atoms with van der Waals surface area (Å²) in [6.07, 6.45) is -2.98. The maximum absolute atomic E-state index is 13.2. The molecule has 0 saturated carbocycles. The van der Waals surface area contributed by atoms with Crippen molar-refractivity contribution in [2.45, 2.75) is 13.1 Å². The number of thiophene rings is 1. The predicted molar refractivity (Wildman–Crippen MR) is 109 cm³/mol. The van der Waals surface area contributed by atoms with E-state index in [0.717, 1.165) is 11.6 Å². The van der Waals surface area contributed by atoms with Gasteiger partial charge in [-0.15, -0.1) is 11.3 Å². The molecule has 30 heavy (non-hydrogen) atoms. The molecule has 0 unspecified atom stereocenters. The molecule has 0 bridgehead atoms. The van der Waals surface area contributed by atoms with Crippen LogP contribution in [0.4, 0.5) is 19.0 Å². The maximum Gasteiger partial charge on any atom is 0.435 e. The first-order valence-electron chi connectivity index (χ1n) is 8.87. The average Bonchev–Trinajstić information content (AvgIpc) is 3.39. The van der Waals surface area contributed by atoms with Crippen LogP contribution >= 0.6 is 11.3 Å². The van der Waals surface area contributed by atoms with Gasteiger partial charge >= 0.3 is 6.18 Å². The van der Waals surface area contributed by atoms with Crippen LogP contribution in [0.3, 0.4) is 0 Å². The van der Waals surface area contributed by atoms with Crippen molar-refractivity contribution in [3.8, 4) is 16.3 Å². The maximum atomic E-state index is 13.2. The SMILES string of the molecule is Cc1cccnc1NC(=O)c1ccc(-n2nc(C(F)(F)F)cc2-c2cccs2)cc1. The number of pyridine rings is 1. The van der Waals surface area contributed by atoms with Gasteiger partial charge in [-0.3, -0.25) is 4.79 Å². The molecule has 5 nitrogen and oxygen atoms in total. The van der Waals surface area contributed by atoms with Gasteiger partial charge in [0.25, 0.3) is 5.91 Å². The highest BCUT2D eigenvalue weighted by Crippen LogP contribution is 2.34. The number of rotatable bonds is 4. The number of amides is 1. The number of aromatic nitrogens is 3. The molecule has 3 heterocycles. The van der Waals surface area contributed by atoms with Crippen LogP contribution in [-0.2, 0) is 6.18 Å². The van der Waals surface area contributed by atoms with Crippen LogP contribution in [0.25, 0.3) is 16.3 Å². The number of halogens is 3. The topological polar surface area (TPSA) is 59.8 Å². The molecule has 0 saturated heterocycles. The molecule has 0 aliphatic carbocycles. The lowest BCUT2D eigenvalue weighted by molar-refractivity contribution is -0.141. The summed E-state index contributed by atoms with van der Waals surface area (Å²) in [6.45, 7) is 1.83. The number of aryl methyl sites for hydroxylation is 1. The van der Waals surface area contributed by atoms with E-state index in [4.69, 9.17) is 0 Å². The summed E-state index contributed by atoms with van der Waals surface area (Å²) in [5, 5.41) is 8.26. The Kier molecular flexibility index (Phi) is 5.13. The van der Waals surface area contributed by atoms with E-state index < -0.39 is 11.9 Å². The van der Waals surface area contributed by atoms with Gasteiger partial charge in [0.2, 0.25) is 0 Å². The van der Waals surface area contributed by atoms with Crippen molar-refractivity contribution >= 4 is 23.1 Å². The molecule has 3 aromatic heterocycles. The Morgan fingerprint density at radius 3 is 2.50 bits per heavy atom. The van der Waals surface area contributed by atoms with Crippen LogP contribution < -0.4 is 5.32 Å². The fourth-order valence-corrected chi connectivity index (χ4v) is 3.59. The number of carbonyl (C=O) groups excluding carboxylic acids is 1. The lowest BCUT2D eigenvalue weighted by atomic mass is 10.2. The molecule has 4 aromatic rings. The number of benzene rings is 1. The molecule has 1 N–H and O–H groups in total. The van der Waals surface area contributed by atoms with Crippen molar-refractivity contribution in [3.05, 3.63) is 83.0 Å². The van der Waals surface area contributed by atoms with Crippen LogP contribution in [0.1, 0.15) is 21.6 Å². The van der Waals surface area contributed by atoms with Crippen LogP contribution in [0.5, 0.6) is 0 Å². The van der Waals surface area contributed by atoms with Gasteiger partial charge in [0.1, 0.15) is 5.82 Å². The molecule has 0 spiro atoms. The number of nitrogens with zero attached hydrogens (tertiary/aromatic N) is 3. The highest BCUT2D eigenvalue weighted by Gasteiger charge is 2.35. The van der Waals surface area contributed by atoms with Crippen LogP contribution in [0.2, 0.25) is 0 Å². The lowest BCUT2D eigenvalue weighted by Gasteiger charge is -2.09. The smallest absolute Gasteiger partial charge is 0.306 e. The van der Waals surface area contributed by atoms with E-state index in [1.54, 1.807) is 41.9 Å². The number of alkyl halides is 3. The largest absolute Gasteiger partial charge is 0.435 e. The minimum atomic E-state index is -4.56. The van der Waals surface area contributed by atoms with Gasteiger partial charge in [-0.25, -0.2) is 9.67 Å². The van der Waals surface area contributed by atoms with Crippen molar-refractivity contribution in [2.24, 2.45) is 0 Å². The van der Waals surface area contributed by atoms with Gasteiger partial charge in [0.05, 0.1) is 16.3 Å². The van der Waals surface area contributed by atoms with Crippen LogP contribution in [0.15, 0.2) is 66.2 Å². The van der Waals surface area contributed by atoms with E-state index in [-0.39, 0.29) is 5.91 Å². The molecule has 152 valence electrons. The molecule has 0 atom stereocenters. The third-order valence-corrected chi connectivity index (χ3v) is 5.28. The lowest BCUT2D eigenvalue weighted by Crippen LogP contribution is -2.14. The molecule has 9 heteroatoms. The summed E-state index contributed by atoms with van der Waals surface area (Å²) < 4.78 is 40.9. The summed E-state index contributed by atoms with van der Waals surface area (Å²) >= 11 is 1.32. The van der Waals surface area contributed by atoms with E-state index in [0.29, 0.717) is 27.6 Å². The molecule has 1 aromatic carbocycles. The quantitative estimate of drug-likeness (QED) is 0.462. The third kappa shape index (κ3) is 3.97. The van der Waals surface area contributed by atoms with Crippen LogP contribution in [-0.4, -0.2) is 20.7 Å². The first-order chi connectivity index (χ1) is 14.3. The predicted octanol–water partition coefficient (Wildman–Crippen LogP) is 5.58. The number of hydrogen-bond donors (Lipinski definition) is 1. The minimum Gasteiger partial charge on any atom is -0.306 e. The van der Waals surface area contributed by atoms with Crippen molar-refractivity contribution < 1.29 is 18.0 Å². The van der Waals surface area contributed by atoms with E-state index in [9.17, 15) is 18.0 Å². The molecule has 4 rings (SSSR count). The number of carbonyl (C=O) groups is 1. The number of hydrogen-bond acceptors (Lipinski definition) is 4. The summed E-state index contributed by atoms with van der Waals surface area (Å²) in [4.78, 5) is 17.3. The second-order valence-corrected chi connectivity index (χ2v) is 7.42. The van der Waals surface area contributed by atoms with Gasteiger partial charge in [0.15, 0.2) is 5.69 Å². The van der Waals surface area contributed by atoms with E-state index >= 15 is 0 Å². The third-order valence-electron chi connectivity index (χ3n) is 4.39. The zero-order valence-electron chi connectivity index (χ0n) is 15.6. The molecule has 0 fully saturated rings. The van der Waals surface area contributed by atoms with Gasteiger partial charge in [-0.1, -0.05) is 12.1 Å². The average molecular weight is 428 g/mol. The molecule has 0 aliphatic rings. The second-order valence-electron chi connectivity index (χ2n) is 6.47. The van der Waals surface area contributed by atoms with Gasteiger partial charge in [-0.2, -0.15) is 18.3 Å². The standard InChI is InChI=1S/C21H15F3N4OS/c1-13-4-2-10-25-19(13)26-20(29)14-6-8-15(9-7-14)28-16(17-5-3-11-30-17)12-18(27-28)21(22,23)24/h2-12H,1H3,(H,25,26,29). The molecule has 0 radical (unpaired) electrons. The van der Waals surface area contributed by atoms with Crippen molar-refractivity contribution in [1.82, 2.24) is 14.8 Å². The Hall–Kier alpha value is -3.46. The van der Waals surface area contributed by atoms with Crippen molar-refractivity contribution in [1.29, 1.82) is 0 Å². The fraction of sp³-hybridized carbons (Fsp3) is 0.0952. The van der Waals surface area contributed by atoms with Crippen LogP contribution in [0, 0.1) is 6.92 Å². The van der Waals surface area contributed by atoms with Gasteiger partial charge in [-0.05, 0) is 60.3 Å². The summed E-state index contributed by atoms with van der Waals surface area (Å²) in [5.41, 5.74) is 0.945. The summed E-state index contributed by atoms with van der Waals surface area (Å²) in [6, 6.07) is 14.3. The Balaban J connectivity index is 1.65. The Bertz CT molecular complexity index is 1180.